The first-order valence-electron chi connectivity index (χ1n) is 7.41. The van der Waals surface area contributed by atoms with Crippen LogP contribution in [0.3, 0.4) is 0 Å². The monoisotopic (exact) mass is 412 g/mol. The number of aryl methyl sites for hydroxylation is 1. The summed E-state index contributed by atoms with van der Waals surface area (Å²) >= 11 is 3.30. The molecule has 0 atom stereocenters. The van der Waals surface area contributed by atoms with E-state index in [-0.39, 0.29) is 23.9 Å². The molecule has 1 fully saturated rings. The molecule has 9 heteroatoms. The number of piperazine rings is 1. The number of halogens is 1. The highest BCUT2D eigenvalue weighted by Crippen LogP contribution is 2.20. The van der Waals surface area contributed by atoms with E-state index in [4.69, 9.17) is 0 Å². The molecule has 3 rings (SSSR count). The zero-order chi connectivity index (χ0) is 17.3. The van der Waals surface area contributed by atoms with Gasteiger partial charge in [0, 0.05) is 43.9 Å². The molecule has 0 aliphatic carbocycles. The molecule has 1 aromatic carbocycles. The van der Waals surface area contributed by atoms with E-state index in [2.05, 4.69) is 21.0 Å². The second-order valence-electron chi connectivity index (χ2n) is 5.55. The van der Waals surface area contributed by atoms with Crippen LogP contribution in [0.15, 0.2) is 46.0 Å². The summed E-state index contributed by atoms with van der Waals surface area (Å²) in [6, 6.07) is 6.56. The van der Waals surface area contributed by atoms with Gasteiger partial charge >= 0.3 is 0 Å². The van der Waals surface area contributed by atoms with Crippen LogP contribution in [-0.4, -0.2) is 59.5 Å². The molecule has 1 aromatic heterocycles. The van der Waals surface area contributed by atoms with Crippen LogP contribution in [-0.2, 0) is 17.1 Å². The van der Waals surface area contributed by atoms with Crippen LogP contribution >= 0.6 is 15.9 Å². The maximum Gasteiger partial charge on any atom is 0.257 e. The van der Waals surface area contributed by atoms with Gasteiger partial charge in [-0.25, -0.2) is 8.42 Å². The van der Waals surface area contributed by atoms with Gasteiger partial charge in [-0.3, -0.25) is 9.48 Å². The highest BCUT2D eigenvalue weighted by Gasteiger charge is 2.30. The van der Waals surface area contributed by atoms with Crippen molar-refractivity contribution in [2.75, 3.05) is 26.2 Å². The summed E-state index contributed by atoms with van der Waals surface area (Å²) in [6.07, 6.45) is 3.18. The lowest BCUT2D eigenvalue weighted by Gasteiger charge is -2.33. The SMILES string of the molecule is Cn1cc(C(=O)N2CCN(S(=O)(=O)c3ccc(Br)cc3)CC2)cn1. The number of nitrogens with zero attached hydrogens (tertiary/aromatic N) is 4. The molecule has 24 heavy (non-hydrogen) atoms. The third-order valence-corrected chi connectivity index (χ3v) is 6.37. The summed E-state index contributed by atoms with van der Waals surface area (Å²) in [7, 11) is -1.78. The van der Waals surface area contributed by atoms with Gasteiger partial charge in [0.05, 0.1) is 16.7 Å². The van der Waals surface area contributed by atoms with E-state index in [0.29, 0.717) is 18.7 Å². The van der Waals surface area contributed by atoms with Gasteiger partial charge in [-0.1, -0.05) is 15.9 Å². The van der Waals surface area contributed by atoms with Crippen molar-refractivity contribution in [3.05, 3.63) is 46.7 Å². The number of aromatic nitrogens is 2. The van der Waals surface area contributed by atoms with Gasteiger partial charge in [-0.05, 0) is 24.3 Å². The normalized spacial score (nSPS) is 16.3. The fourth-order valence-electron chi connectivity index (χ4n) is 2.60. The summed E-state index contributed by atoms with van der Waals surface area (Å²) in [5, 5.41) is 3.99. The number of hydrogen-bond donors (Lipinski definition) is 0. The van der Waals surface area contributed by atoms with Crippen molar-refractivity contribution in [2.24, 2.45) is 7.05 Å². The molecule has 1 amide bonds. The largest absolute Gasteiger partial charge is 0.336 e. The lowest BCUT2D eigenvalue weighted by atomic mass is 10.2. The molecular formula is C15H17BrN4O3S. The molecule has 2 heterocycles. The average molecular weight is 413 g/mol. The summed E-state index contributed by atoms with van der Waals surface area (Å²) in [6.45, 7) is 1.29. The molecular weight excluding hydrogens is 396 g/mol. The fourth-order valence-corrected chi connectivity index (χ4v) is 4.29. The second kappa shape index (κ2) is 6.66. The Balaban J connectivity index is 1.68. The molecule has 7 nitrogen and oxygen atoms in total. The van der Waals surface area contributed by atoms with E-state index in [9.17, 15) is 13.2 Å². The van der Waals surface area contributed by atoms with Gasteiger partial charge in [-0.15, -0.1) is 0 Å². The topological polar surface area (TPSA) is 75.5 Å². The smallest absolute Gasteiger partial charge is 0.257 e. The van der Waals surface area contributed by atoms with E-state index in [1.54, 1.807) is 47.1 Å². The van der Waals surface area contributed by atoms with Gasteiger partial charge in [0.1, 0.15) is 0 Å². The Bertz CT molecular complexity index is 840. The minimum absolute atomic E-state index is 0.121. The van der Waals surface area contributed by atoms with Crippen molar-refractivity contribution >= 4 is 31.9 Å². The van der Waals surface area contributed by atoms with Crippen molar-refractivity contribution in [3.8, 4) is 0 Å². The molecule has 0 spiro atoms. The minimum atomic E-state index is -3.53. The van der Waals surface area contributed by atoms with Gasteiger partial charge in [-0.2, -0.15) is 9.40 Å². The predicted molar refractivity (Wildman–Crippen MR) is 92.0 cm³/mol. The van der Waals surface area contributed by atoms with Crippen molar-refractivity contribution in [1.82, 2.24) is 19.0 Å². The molecule has 0 unspecified atom stereocenters. The van der Waals surface area contributed by atoms with Crippen LogP contribution in [0.4, 0.5) is 0 Å². The molecule has 0 saturated carbocycles. The predicted octanol–water partition coefficient (Wildman–Crippen LogP) is 1.33. The zero-order valence-electron chi connectivity index (χ0n) is 13.1. The van der Waals surface area contributed by atoms with Crippen LogP contribution in [0, 0.1) is 0 Å². The molecule has 1 saturated heterocycles. The lowest BCUT2D eigenvalue weighted by molar-refractivity contribution is 0.0698. The summed E-state index contributed by atoms with van der Waals surface area (Å²) in [5.41, 5.74) is 0.515. The number of carbonyl (C=O) groups excluding carboxylic acids is 1. The Morgan fingerprint density at radius 2 is 1.75 bits per heavy atom. The van der Waals surface area contributed by atoms with E-state index < -0.39 is 10.0 Å². The summed E-state index contributed by atoms with van der Waals surface area (Å²) < 4.78 is 29.1. The molecule has 0 bridgehead atoms. The van der Waals surface area contributed by atoms with Crippen molar-refractivity contribution in [1.29, 1.82) is 0 Å². The third-order valence-electron chi connectivity index (χ3n) is 3.93. The highest BCUT2D eigenvalue weighted by atomic mass is 79.9. The van der Waals surface area contributed by atoms with Crippen LogP contribution < -0.4 is 0 Å². The minimum Gasteiger partial charge on any atom is -0.336 e. The molecule has 0 N–H and O–H groups in total. The van der Waals surface area contributed by atoms with E-state index in [0.717, 1.165) is 4.47 Å². The van der Waals surface area contributed by atoms with Crippen LogP contribution in [0.2, 0.25) is 0 Å². The Kier molecular flexibility index (Phi) is 4.75. The summed E-state index contributed by atoms with van der Waals surface area (Å²) in [4.78, 5) is 14.3. The maximum absolute atomic E-state index is 12.6. The van der Waals surface area contributed by atoms with Crippen molar-refractivity contribution in [3.63, 3.8) is 0 Å². The van der Waals surface area contributed by atoms with Crippen molar-refractivity contribution in [2.45, 2.75) is 4.90 Å². The number of benzene rings is 1. The molecule has 1 aliphatic rings. The fraction of sp³-hybridized carbons (Fsp3) is 0.333. The van der Waals surface area contributed by atoms with E-state index >= 15 is 0 Å². The van der Waals surface area contributed by atoms with Gasteiger partial charge in [0.25, 0.3) is 5.91 Å². The molecule has 1 aliphatic heterocycles. The van der Waals surface area contributed by atoms with Gasteiger partial charge in [0.2, 0.25) is 10.0 Å². The maximum atomic E-state index is 12.6. The van der Waals surface area contributed by atoms with Gasteiger partial charge < -0.3 is 4.90 Å². The van der Waals surface area contributed by atoms with Crippen LogP contribution in [0.25, 0.3) is 0 Å². The standard InChI is InChI=1S/C15H17BrN4O3S/c1-18-11-12(10-17-18)15(21)19-6-8-20(9-7-19)24(22,23)14-4-2-13(16)3-5-14/h2-5,10-11H,6-9H2,1H3. The summed E-state index contributed by atoms with van der Waals surface area (Å²) in [5.74, 6) is -0.121. The highest BCUT2D eigenvalue weighted by molar-refractivity contribution is 9.10. The van der Waals surface area contributed by atoms with Gasteiger partial charge in [0.15, 0.2) is 0 Å². The molecule has 128 valence electrons. The number of rotatable bonds is 3. The van der Waals surface area contributed by atoms with Crippen LogP contribution in [0.5, 0.6) is 0 Å². The van der Waals surface area contributed by atoms with Crippen molar-refractivity contribution < 1.29 is 13.2 Å². The quantitative estimate of drug-likeness (QED) is 0.761. The Morgan fingerprint density at radius 3 is 2.29 bits per heavy atom. The lowest BCUT2D eigenvalue weighted by Crippen LogP contribution is -2.50. The van der Waals surface area contributed by atoms with E-state index in [1.807, 2.05) is 0 Å². The zero-order valence-corrected chi connectivity index (χ0v) is 15.5. The number of amides is 1. The first-order valence-corrected chi connectivity index (χ1v) is 9.65. The average Bonchev–Trinajstić information content (AvgIpc) is 3.01. The van der Waals surface area contributed by atoms with Crippen LogP contribution in [0.1, 0.15) is 10.4 Å². The Hall–Kier alpha value is -1.71. The number of carbonyl (C=O) groups is 1. The number of sulfonamides is 1. The Morgan fingerprint density at radius 1 is 1.12 bits per heavy atom. The first-order chi connectivity index (χ1) is 11.4. The number of hydrogen-bond acceptors (Lipinski definition) is 4. The first kappa shape index (κ1) is 17.1. The molecule has 2 aromatic rings. The second-order valence-corrected chi connectivity index (χ2v) is 8.41. The Labute approximate surface area is 149 Å². The molecule has 0 radical (unpaired) electrons. The third kappa shape index (κ3) is 3.38. The van der Waals surface area contributed by atoms with E-state index in [1.165, 1.54) is 10.5 Å².